The highest BCUT2D eigenvalue weighted by atomic mass is 32.1. The molecule has 0 aliphatic heterocycles. The second-order valence-corrected chi connectivity index (χ2v) is 14.0. The third-order valence-electron chi connectivity index (χ3n) is 10.0. The molecule has 0 amide bonds. The molecule has 9 aromatic carbocycles. The second kappa shape index (κ2) is 11.7. The van der Waals surface area contributed by atoms with Crippen LogP contribution in [-0.2, 0) is 0 Å². The van der Waals surface area contributed by atoms with Gasteiger partial charge in [0.2, 0.25) is 0 Å². The van der Waals surface area contributed by atoms with Gasteiger partial charge in [0.1, 0.15) is 0 Å². The van der Waals surface area contributed by atoms with Gasteiger partial charge in [0.15, 0.2) is 0 Å². The summed E-state index contributed by atoms with van der Waals surface area (Å²) in [5.41, 5.74) is 8.29. The van der Waals surface area contributed by atoms with Gasteiger partial charge in [-0.05, 0) is 103 Å². The molecule has 1 aromatic heterocycles. The van der Waals surface area contributed by atoms with Gasteiger partial charge in [-0.2, -0.15) is 0 Å². The molecule has 0 bridgehead atoms. The zero-order chi connectivity index (χ0) is 33.0. The summed E-state index contributed by atoms with van der Waals surface area (Å²) in [4.78, 5) is 2.34. The Hall–Kier alpha value is -6.22. The van der Waals surface area contributed by atoms with Crippen LogP contribution in [0.1, 0.15) is 0 Å². The molecule has 0 fully saturated rings. The Balaban J connectivity index is 1.02. The van der Waals surface area contributed by atoms with Crippen molar-refractivity contribution in [1.82, 2.24) is 0 Å². The lowest BCUT2D eigenvalue weighted by Crippen LogP contribution is -2.09. The number of hydrogen-bond acceptors (Lipinski definition) is 2. The first kappa shape index (κ1) is 28.8. The first-order chi connectivity index (χ1) is 24.8. The van der Waals surface area contributed by atoms with Crippen LogP contribution in [0.4, 0.5) is 17.1 Å². The van der Waals surface area contributed by atoms with E-state index in [9.17, 15) is 0 Å². The highest BCUT2D eigenvalue weighted by Crippen LogP contribution is 2.42. The molecule has 10 aromatic rings. The van der Waals surface area contributed by atoms with Gasteiger partial charge in [0, 0.05) is 37.2 Å². The van der Waals surface area contributed by atoms with Crippen LogP contribution >= 0.6 is 11.3 Å². The van der Waals surface area contributed by atoms with Crippen molar-refractivity contribution in [2.24, 2.45) is 0 Å². The Morgan fingerprint density at radius 3 is 1.64 bits per heavy atom. The maximum Gasteiger partial charge on any atom is 0.0462 e. The quantitative estimate of drug-likeness (QED) is 0.167. The number of nitrogens with zero attached hydrogens (tertiary/aromatic N) is 1. The number of rotatable bonds is 5. The predicted molar refractivity (Wildman–Crippen MR) is 217 cm³/mol. The average molecular weight is 654 g/mol. The molecule has 0 saturated heterocycles. The monoisotopic (exact) mass is 653 g/mol. The predicted octanol–water partition coefficient (Wildman–Crippen LogP) is 14.3. The van der Waals surface area contributed by atoms with Crippen LogP contribution in [0.5, 0.6) is 0 Å². The van der Waals surface area contributed by atoms with Crippen molar-refractivity contribution in [2.45, 2.75) is 0 Å². The lowest BCUT2D eigenvalue weighted by molar-refractivity contribution is 1.28. The second-order valence-electron chi connectivity index (χ2n) is 12.9. The molecule has 1 heterocycles. The van der Waals surface area contributed by atoms with Crippen molar-refractivity contribution >= 4 is 80.9 Å². The third-order valence-corrected chi connectivity index (χ3v) is 11.2. The molecule has 1 nitrogen and oxygen atoms in total. The number of thiophene rings is 1. The number of anilines is 3. The molecular weight excluding hydrogens is 623 g/mol. The maximum absolute atomic E-state index is 2.36. The lowest BCUT2D eigenvalue weighted by Gasteiger charge is -2.26. The third kappa shape index (κ3) is 4.76. The minimum absolute atomic E-state index is 1.12. The summed E-state index contributed by atoms with van der Waals surface area (Å²) in [7, 11) is 0. The van der Waals surface area contributed by atoms with Crippen molar-refractivity contribution < 1.29 is 0 Å². The van der Waals surface area contributed by atoms with E-state index in [2.05, 4.69) is 193 Å². The Bertz CT molecular complexity index is 2850. The van der Waals surface area contributed by atoms with Crippen LogP contribution in [0.3, 0.4) is 0 Å². The van der Waals surface area contributed by atoms with Gasteiger partial charge in [-0.3, -0.25) is 0 Å². The van der Waals surface area contributed by atoms with Crippen molar-refractivity contribution in [1.29, 1.82) is 0 Å². The van der Waals surface area contributed by atoms with Crippen molar-refractivity contribution in [3.63, 3.8) is 0 Å². The first-order valence-electron chi connectivity index (χ1n) is 17.1. The minimum atomic E-state index is 1.12. The number of hydrogen-bond donors (Lipinski definition) is 0. The summed E-state index contributed by atoms with van der Waals surface area (Å²) in [6.07, 6.45) is 0. The Kier molecular flexibility index (Phi) is 6.75. The molecule has 0 spiro atoms. The highest BCUT2D eigenvalue weighted by molar-refractivity contribution is 7.26. The molecule has 50 heavy (non-hydrogen) atoms. The largest absolute Gasteiger partial charge is 0.311 e. The van der Waals surface area contributed by atoms with E-state index < -0.39 is 0 Å². The number of fused-ring (bicyclic) bond motifs is 8. The molecular formula is C48H31NS. The van der Waals surface area contributed by atoms with E-state index in [-0.39, 0.29) is 0 Å². The molecule has 0 aliphatic rings. The fourth-order valence-corrected chi connectivity index (χ4v) is 8.87. The van der Waals surface area contributed by atoms with Gasteiger partial charge in [-0.1, -0.05) is 140 Å². The SMILES string of the molecule is c1ccc(N(c2ccc(-c3ccc4c(c3)sc3c5ccccc5ccc43)cc2)c2ccc(-c3cc4ccccc4c4ccccc34)cc2)cc1. The van der Waals surface area contributed by atoms with Crippen LogP contribution < -0.4 is 4.90 Å². The Morgan fingerprint density at radius 1 is 0.320 bits per heavy atom. The van der Waals surface area contributed by atoms with Gasteiger partial charge in [-0.15, -0.1) is 11.3 Å². The van der Waals surface area contributed by atoms with Gasteiger partial charge in [0.25, 0.3) is 0 Å². The molecule has 0 radical (unpaired) electrons. The molecule has 234 valence electrons. The summed E-state index contributed by atoms with van der Waals surface area (Å²) in [6.45, 7) is 0. The topological polar surface area (TPSA) is 3.24 Å². The standard InChI is InChI=1S/C48H31NS/c1-2-12-37(13-3-1)49(39-26-20-34(21-27-39)46-30-36-11-5-6-14-40(36)42-16-8-9-17-43(42)46)38-24-18-32(19-25-38)35-23-28-44-45-29-22-33-10-4-7-15-41(33)48(45)50-47(44)31-35/h1-31H. The van der Waals surface area contributed by atoms with Crippen LogP contribution in [0, 0.1) is 0 Å². The van der Waals surface area contributed by atoms with Gasteiger partial charge in [-0.25, -0.2) is 0 Å². The number of para-hydroxylation sites is 1. The van der Waals surface area contributed by atoms with E-state index in [1.165, 1.54) is 74.7 Å². The number of benzene rings is 9. The Labute approximate surface area is 294 Å². The van der Waals surface area contributed by atoms with Crippen LogP contribution in [0.25, 0.3) is 74.7 Å². The molecule has 2 heteroatoms. The van der Waals surface area contributed by atoms with E-state index in [1.54, 1.807) is 0 Å². The van der Waals surface area contributed by atoms with E-state index >= 15 is 0 Å². The normalized spacial score (nSPS) is 11.6. The van der Waals surface area contributed by atoms with Crippen molar-refractivity contribution in [2.75, 3.05) is 4.90 Å². The zero-order valence-corrected chi connectivity index (χ0v) is 28.1. The van der Waals surface area contributed by atoms with E-state index in [4.69, 9.17) is 0 Å². The fourth-order valence-electron chi connectivity index (χ4n) is 7.59. The first-order valence-corrected chi connectivity index (χ1v) is 17.9. The molecule has 10 rings (SSSR count). The summed E-state index contributed by atoms with van der Waals surface area (Å²) in [5, 5.41) is 10.4. The molecule has 0 aliphatic carbocycles. The van der Waals surface area contributed by atoms with E-state index in [0.717, 1.165) is 17.1 Å². The summed E-state index contributed by atoms with van der Waals surface area (Å²) < 4.78 is 2.69. The van der Waals surface area contributed by atoms with Crippen molar-refractivity contribution in [3.8, 4) is 22.3 Å². The zero-order valence-electron chi connectivity index (χ0n) is 27.3. The van der Waals surface area contributed by atoms with Crippen LogP contribution in [0.2, 0.25) is 0 Å². The maximum atomic E-state index is 2.36. The lowest BCUT2D eigenvalue weighted by atomic mass is 9.93. The highest BCUT2D eigenvalue weighted by Gasteiger charge is 2.15. The molecule has 0 saturated carbocycles. The smallest absolute Gasteiger partial charge is 0.0462 e. The summed E-state index contributed by atoms with van der Waals surface area (Å²) in [6, 6.07) is 68.6. The van der Waals surface area contributed by atoms with Crippen LogP contribution in [-0.4, -0.2) is 0 Å². The van der Waals surface area contributed by atoms with Gasteiger partial charge < -0.3 is 4.90 Å². The van der Waals surface area contributed by atoms with Crippen molar-refractivity contribution in [3.05, 3.63) is 188 Å². The summed E-state index contributed by atoms with van der Waals surface area (Å²) in [5.74, 6) is 0. The Morgan fingerprint density at radius 2 is 0.880 bits per heavy atom. The molecule has 0 unspecified atom stereocenters. The van der Waals surface area contributed by atoms with E-state index in [1.807, 2.05) is 11.3 Å². The average Bonchev–Trinajstić information content (AvgIpc) is 3.57. The molecule has 0 N–H and O–H groups in total. The molecule has 0 atom stereocenters. The fraction of sp³-hybridized carbons (Fsp3) is 0. The summed E-state index contributed by atoms with van der Waals surface area (Å²) >= 11 is 1.89. The minimum Gasteiger partial charge on any atom is -0.311 e. The van der Waals surface area contributed by atoms with Gasteiger partial charge in [0.05, 0.1) is 0 Å². The van der Waals surface area contributed by atoms with Crippen LogP contribution in [0.15, 0.2) is 188 Å². The van der Waals surface area contributed by atoms with Gasteiger partial charge >= 0.3 is 0 Å². The van der Waals surface area contributed by atoms with E-state index in [0.29, 0.717) is 0 Å².